The average molecular weight is 388 g/mol. The molecule has 0 spiro atoms. The monoisotopic (exact) mass is 388 g/mol. The Kier molecular flexibility index (Phi) is 7.20. The minimum absolute atomic E-state index is 0.171. The van der Waals surface area contributed by atoms with Gasteiger partial charge in [0.25, 0.3) is 5.69 Å². The number of amides is 1. The van der Waals surface area contributed by atoms with Gasteiger partial charge in [0.2, 0.25) is 5.91 Å². The number of nitro benzene ring substituents is 1. The molecule has 1 amide bonds. The number of methoxy groups -OCH3 is 3. The van der Waals surface area contributed by atoms with Crippen molar-refractivity contribution in [3.63, 3.8) is 0 Å². The molecule has 0 aromatic heterocycles. The number of carbonyl (C=O) groups excluding carboxylic acids is 1. The third-order valence-electron chi connectivity index (χ3n) is 4.27. The maximum absolute atomic E-state index is 12.3. The quantitative estimate of drug-likeness (QED) is 0.520. The van der Waals surface area contributed by atoms with Gasteiger partial charge in [-0.15, -0.1) is 0 Å². The number of nitro groups is 1. The first-order valence-electron chi connectivity index (χ1n) is 8.78. The molecule has 150 valence electrons. The molecule has 0 aliphatic rings. The number of hydrogen-bond donors (Lipinski definition) is 1. The van der Waals surface area contributed by atoms with E-state index in [0.29, 0.717) is 35.5 Å². The predicted molar refractivity (Wildman–Crippen MR) is 104 cm³/mol. The predicted octanol–water partition coefficient (Wildman–Crippen LogP) is 3.63. The van der Waals surface area contributed by atoms with Crippen molar-refractivity contribution in [1.82, 2.24) is 5.32 Å². The molecule has 2 aromatic rings. The molecule has 0 saturated carbocycles. The molecule has 0 aliphatic heterocycles. The van der Waals surface area contributed by atoms with Gasteiger partial charge in [0.15, 0.2) is 11.5 Å². The molecule has 0 aliphatic carbocycles. The second-order valence-electron chi connectivity index (χ2n) is 6.05. The lowest BCUT2D eigenvalue weighted by molar-refractivity contribution is -0.385. The fourth-order valence-corrected chi connectivity index (χ4v) is 2.87. The Bertz CT molecular complexity index is 835. The highest BCUT2D eigenvalue weighted by molar-refractivity contribution is 5.77. The van der Waals surface area contributed by atoms with Crippen molar-refractivity contribution < 1.29 is 23.9 Å². The lowest BCUT2D eigenvalue weighted by Crippen LogP contribution is -2.29. The highest BCUT2D eigenvalue weighted by Gasteiger charge is 2.28. The number of rotatable bonds is 9. The summed E-state index contributed by atoms with van der Waals surface area (Å²) in [6.45, 7) is 1.89. The van der Waals surface area contributed by atoms with Crippen molar-refractivity contribution in [3.8, 4) is 17.2 Å². The summed E-state index contributed by atoms with van der Waals surface area (Å²) in [6.07, 6.45) is 0.975. The van der Waals surface area contributed by atoms with Crippen LogP contribution in [-0.4, -0.2) is 32.2 Å². The topological polar surface area (TPSA) is 99.9 Å². The molecule has 1 atom stereocenters. The third kappa shape index (κ3) is 4.70. The van der Waals surface area contributed by atoms with Crippen molar-refractivity contribution in [2.24, 2.45) is 0 Å². The molecule has 0 saturated heterocycles. The van der Waals surface area contributed by atoms with E-state index >= 15 is 0 Å². The first-order chi connectivity index (χ1) is 13.4. The second kappa shape index (κ2) is 9.59. The Morgan fingerprint density at radius 3 is 2.18 bits per heavy atom. The van der Waals surface area contributed by atoms with E-state index in [0.717, 1.165) is 0 Å². The van der Waals surface area contributed by atoms with Crippen LogP contribution in [0.25, 0.3) is 0 Å². The summed E-state index contributed by atoms with van der Waals surface area (Å²) in [5.41, 5.74) is 0.813. The van der Waals surface area contributed by atoms with Crippen LogP contribution in [0.5, 0.6) is 17.2 Å². The Morgan fingerprint density at radius 1 is 1.07 bits per heavy atom. The van der Waals surface area contributed by atoms with E-state index in [1.165, 1.54) is 26.4 Å². The Labute approximate surface area is 163 Å². The van der Waals surface area contributed by atoms with E-state index in [4.69, 9.17) is 14.2 Å². The van der Waals surface area contributed by atoms with Gasteiger partial charge in [0.05, 0.1) is 43.9 Å². The normalized spacial score (nSPS) is 11.4. The van der Waals surface area contributed by atoms with Gasteiger partial charge in [-0.2, -0.15) is 0 Å². The molecule has 1 N–H and O–H groups in total. The molecule has 28 heavy (non-hydrogen) atoms. The van der Waals surface area contributed by atoms with Crippen LogP contribution in [-0.2, 0) is 4.79 Å². The molecular formula is C20H24N2O6. The van der Waals surface area contributed by atoms with E-state index < -0.39 is 11.0 Å². The SMILES string of the molecule is CCCC(=O)NC(c1ccc(OC)cc1)c1cc(OC)c(OC)cc1[N+](=O)[O-]. The molecule has 2 aromatic carbocycles. The molecule has 0 radical (unpaired) electrons. The summed E-state index contributed by atoms with van der Waals surface area (Å²) >= 11 is 0. The Morgan fingerprint density at radius 2 is 1.68 bits per heavy atom. The zero-order valence-electron chi connectivity index (χ0n) is 16.4. The van der Waals surface area contributed by atoms with E-state index in [-0.39, 0.29) is 17.3 Å². The first kappa shape index (κ1) is 21.0. The van der Waals surface area contributed by atoms with Gasteiger partial charge in [-0.1, -0.05) is 19.1 Å². The van der Waals surface area contributed by atoms with Crippen molar-refractivity contribution in [2.45, 2.75) is 25.8 Å². The zero-order valence-corrected chi connectivity index (χ0v) is 16.4. The second-order valence-corrected chi connectivity index (χ2v) is 6.05. The zero-order chi connectivity index (χ0) is 20.7. The van der Waals surface area contributed by atoms with Gasteiger partial charge in [0, 0.05) is 6.42 Å². The van der Waals surface area contributed by atoms with Gasteiger partial charge in [-0.05, 0) is 30.2 Å². The Hall–Kier alpha value is -3.29. The van der Waals surface area contributed by atoms with E-state index in [1.807, 2.05) is 6.92 Å². The fraction of sp³-hybridized carbons (Fsp3) is 0.350. The fourth-order valence-electron chi connectivity index (χ4n) is 2.87. The maximum Gasteiger partial charge on any atom is 0.279 e. The molecule has 8 nitrogen and oxygen atoms in total. The minimum Gasteiger partial charge on any atom is -0.497 e. The molecule has 0 fully saturated rings. The number of nitrogens with zero attached hydrogens (tertiary/aromatic N) is 1. The summed E-state index contributed by atoms with van der Waals surface area (Å²) in [5.74, 6) is 1.02. The highest BCUT2D eigenvalue weighted by Crippen LogP contribution is 2.39. The van der Waals surface area contributed by atoms with E-state index in [1.54, 1.807) is 31.4 Å². The summed E-state index contributed by atoms with van der Waals surface area (Å²) < 4.78 is 15.7. The van der Waals surface area contributed by atoms with Crippen LogP contribution < -0.4 is 19.5 Å². The number of carbonyl (C=O) groups is 1. The smallest absolute Gasteiger partial charge is 0.279 e. The average Bonchev–Trinajstić information content (AvgIpc) is 2.71. The van der Waals surface area contributed by atoms with Crippen LogP contribution >= 0.6 is 0 Å². The van der Waals surface area contributed by atoms with Gasteiger partial charge >= 0.3 is 0 Å². The summed E-state index contributed by atoms with van der Waals surface area (Å²) in [6, 6.07) is 9.09. The molecular weight excluding hydrogens is 364 g/mol. The maximum atomic E-state index is 12.3. The molecule has 0 heterocycles. The van der Waals surface area contributed by atoms with Crippen LogP contribution in [0.2, 0.25) is 0 Å². The Balaban J connectivity index is 2.63. The lowest BCUT2D eigenvalue weighted by Gasteiger charge is -2.21. The molecule has 0 bridgehead atoms. The number of ether oxygens (including phenoxy) is 3. The van der Waals surface area contributed by atoms with Crippen LogP contribution in [0.1, 0.15) is 36.9 Å². The van der Waals surface area contributed by atoms with Crippen LogP contribution in [0.15, 0.2) is 36.4 Å². The summed E-state index contributed by atoms with van der Waals surface area (Å²) in [7, 11) is 4.41. The van der Waals surface area contributed by atoms with Crippen LogP contribution in [0, 0.1) is 10.1 Å². The largest absolute Gasteiger partial charge is 0.497 e. The summed E-state index contributed by atoms with van der Waals surface area (Å²) in [4.78, 5) is 23.5. The van der Waals surface area contributed by atoms with Gasteiger partial charge in [0.1, 0.15) is 5.75 Å². The lowest BCUT2D eigenvalue weighted by atomic mass is 9.96. The van der Waals surface area contributed by atoms with Gasteiger partial charge in [-0.25, -0.2) is 0 Å². The van der Waals surface area contributed by atoms with Gasteiger partial charge < -0.3 is 19.5 Å². The molecule has 8 heteroatoms. The van der Waals surface area contributed by atoms with Crippen LogP contribution in [0.3, 0.4) is 0 Å². The third-order valence-corrected chi connectivity index (χ3v) is 4.27. The highest BCUT2D eigenvalue weighted by atomic mass is 16.6. The van der Waals surface area contributed by atoms with E-state index in [2.05, 4.69) is 5.32 Å². The van der Waals surface area contributed by atoms with Gasteiger partial charge in [-0.3, -0.25) is 14.9 Å². The number of nitrogens with one attached hydrogen (secondary N) is 1. The van der Waals surface area contributed by atoms with Crippen molar-refractivity contribution in [1.29, 1.82) is 0 Å². The van der Waals surface area contributed by atoms with E-state index in [9.17, 15) is 14.9 Å². The standard InChI is InChI=1S/C20H24N2O6/c1-5-6-19(23)21-20(13-7-9-14(26-2)10-8-13)15-11-17(27-3)18(28-4)12-16(15)22(24)25/h7-12,20H,5-6H2,1-4H3,(H,21,23). The molecule has 2 rings (SSSR count). The van der Waals surface area contributed by atoms with Crippen molar-refractivity contribution >= 4 is 11.6 Å². The van der Waals surface area contributed by atoms with Crippen molar-refractivity contribution in [3.05, 3.63) is 57.6 Å². The molecule has 1 unspecified atom stereocenters. The number of benzene rings is 2. The number of hydrogen-bond acceptors (Lipinski definition) is 6. The van der Waals surface area contributed by atoms with Crippen molar-refractivity contribution in [2.75, 3.05) is 21.3 Å². The van der Waals surface area contributed by atoms with Crippen LogP contribution in [0.4, 0.5) is 5.69 Å². The minimum atomic E-state index is -0.731. The first-order valence-corrected chi connectivity index (χ1v) is 8.78. The summed E-state index contributed by atoms with van der Waals surface area (Å²) in [5, 5.41) is 14.6.